The molecule has 0 aliphatic carbocycles. The molecule has 0 unspecified atom stereocenters. The van der Waals surface area contributed by atoms with Crippen LogP contribution in [0, 0.1) is 21.4 Å². The second-order valence-electron chi connectivity index (χ2n) is 5.13. The van der Waals surface area contributed by atoms with Gasteiger partial charge in [0, 0.05) is 6.07 Å². The van der Waals surface area contributed by atoms with Gasteiger partial charge >= 0.3 is 11.7 Å². The third-order valence-electron chi connectivity index (χ3n) is 2.95. The molecule has 0 saturated heterocycles. The van der Waals surface area contributed by atoms with Crippen molar-refractivity contribution in [2.75, 3.05) is 0 Å². The lowest BCUT2D eigenvalue weighted by Crippen LogP contribution is -2.11. The van der Waals surface area contributed by atoms with E-state index >= 15 is 0 Å². The largest absolute Gasteiger partial charge is 0.459 e. The van der Waals surface area contributed by atoms with Crippen molar-refractivity contribution in [2.24, 2.45) is 0 Å². The van der Waals surface area contributed by atoms with Gasteiger partial charge in [-0.3, -0.25) is 10.1 Å². The fourth-order valence-corrected chi connectivity index (χ4v) is 1.88. The average molecular weight is 326 g/mol. The van der Waals surface area contributed by atoms with Crippen LogP contribution in [-0.4, -0.2) is 17.0 Å². The summed E-state index contributed by atoms with van der Waals surface area (Å²) in [4.78, 5) is 22.2. The molecule has 0 spiro atoms. The SMILES string of the molecule is CC(C)OC(=O)c1ccc(Oc2ccc(C#N)cc2[N+](=O)[O-])cc1. The van der Waals surface area contributed by atoms with Crippen LogP contribution in [0.1, 0.15) is 29.8 Å². The molecule has 0 saturated carbocycles. The first-order valence-corrected chi connectivity index (χ1v) is 7.08. The highest BCUT2D eigenvalue weighted by Crippen LogP contribution is 2.32. The summed E-state index contributed by atoms with van der Waals surface area (Å²) in [6.07, 6.45) is -0.227. The smallest absolute Gasteiger partial charge is 0.338 e. The van der Waals surface area contributed by atoms with Crippen molar-refractivity contribution in [2.45, 2.75) is 20.0 Å². The maximum Gasteiger partial charge on any atom is 0.338 e. The van der Waals surface area contributed by atoms with Gasteiger partial charge in [-0.2, -0.15) is 5.26 Å². The zero-order chi connectivity index (χ0) is 17.7. The molecule has 0 bridgehead atoms. The molecule has 7 nitrogen and oxygen atoms in total. The van der Waals surface area contributed by atoms with Crippen LogP contribution in [0.4, 0.5) is 5.69 Å². The highest BCUT2D eigenvalue weighted by Gasteiger charge is 2.17. The first kappa shape index (κ1) is 17.0. The number of nitro groups is 1. The van der Waals surface area contributed by atoms with E-state index in [2.05, 4.69) is 0 Å². The van der Waals surface area contributed by atoms with Crippen molar-refractivity contribution in [1.82, 2.24) is 0 Å². The lowest BCUT2D eigenvalue weighted by atomic mass is 10.2. The van der Waals surface area contributed by atoms with Crippen molar-refractivity contribution in [1.29, 1.82) is 5.26 Å². The molecule has 2 aromatic rings. The second kappa shape index (κ2) is 7.24. The van der Waals surface area contributed by atoms with Gasteiger partial charge in [-0.25, -0.2) is 4.79 Å². The highest BCUT2D eigenvalue weighted by atomic mass is 16.6. The fourth-order valence-electron chi connectivity index (χ4n) is 1.88. The Kier molecular flexibility index (Phi) is 5.12. The molecule has 122 valence electrons. The Morgan fingerprint density at radius 2 is 1.88 bits per heavy atom. The summed E-state index contributed by atoms with van der Waals surface area (Å²) in [5.41, 5.74) is 0.212. The minimum Gasteiger partial charge on any atom is -0.459 e. The van der Waals surface area contributed by atoms with Gasteiger partial charge in [-0.1, -0.05) is 0 Å². The van der Waals surface area contributed by atoms with Crippen LogP contribution in [0.15, 0.2) is 42.5 Å². The number of nitro benzene ring substituents is 1. The number of ether oxygens (including phenoxy) is 2. The van der Waals surface area contributed by atoms with E-state index in [0.717, 1.165) is 6.07 Å². The van der Waals surface area contributed by atoms with Gasteiger partial charge in [-0.05, 0) is 50.2 Å². The molecular formula is C17H14N2O5. The van der Waals surface area contributed by atoms with E-state index in [9.17, 15) is 14.9 Å². The first-order valence-electron chi connectivity index (χ1n) is 7.08. The molecule has 0 atom stereocenters. The molecule has 0 aliphatic heterocycles. The molecule has 0 aliphatic rings. The number of hydrogen-bond acceptors (Lipinski definition) is 6. The van der Waals surface area contributed by atoms with Crippen molar-refractivity contribution in [3.05, 3.63) is 63.7 Å². The molecule has 2 rings (SSSR count). The Hall–Kier alpha value is -3.40. The molecule has 2 aromatic carbocycles. The number of carbonyl (C=O) groups excluding carboxylic acids is 1. The summed E-state index contributed by atoms with van der Waals surface area (Å²) in [6.45, 7) is 3.50. The quantitative estimate of drug-likeness (QED) is 0.470. The molecule has 7 heteroatoms. The van der Waals surface area contributed by atoms with Crippen molar-refractivity contribution in [3.63, 3.8) is 0 Å². The zero-order valence-corrected chi connectivity index (χ0v) is 13.1. The average Bonchev–Trinajstić information content (AvgIpc) is 2.55. The van der Waals surface area contributed by atoms with Gasteiger partial charge < -0.3 is 9.47 Å². The van der Waals surface area contributed by atoms with Gasteiger partial charge in [0.2, 0.25) is 5.75 Å². The summed E-state index contributed by atoms with van der Waals surface area (Å²) < 4.78 is 10.6. The molecule has 0 radical (unpaired) electrons. The van der Waals surface area contributed by atoms with E-state index in [0.29, 0.717) is 11.3 Å². The molecule has 0 heterocycles. The Morgan fingerprint density at radius 1 is 1.21 bits per heavy atom. The number of hydrogen-bond donors (Lipinski definition) is 0. The van der Waals surface area contributed by atoms with Crippen molar-refractivity contribution < 1.29 is 19.2 Å². The predicted molar refractivity (Wildman–Crippen MR) is 84.9 cm³/mol. The predicted octanol–water partition coefficient (Wildman–Crippen LogP) is 3.82. The van der Waals surface area contributed by atoms with E-state index in [4.69, 9.17) is 14.7 Å². The second-order valence-corrected chi connectivity index (χ2v) is 5.13. The van der Waals surface area contributed by atoms with Crippen LogP contribution in [0.25, 0.3) is 0 Å². The third-order valence-corrected chi connectivity index (χ3v) is 2.95. The summed E-state index contributed by atoms with van der Waals surface area (Å²) in [5.74, 6) is -0.124. The number of benzene rings is 2. The lowest BCUT2D eigenvalue weighted by molar-refractivity contribution is -0.385. The number of rotatable bonds is 5. The topological polar surface area (TPSA) is 102 Å². The number of nitriles is 1. The maximum absolute atomic E-state index is 11.8. The van der Waals surface area contributed by atoms with Gasteiger partial charge in [0.15, 0.2) is 0 Å². The van der Waals surface area contributed by atoms with Crippen LogP contribution < -0.4 is 4.74 Å². The summed E-state index contributed by atoms with van der Waals surface area (Å²) in [7, 11) is 0. The van der Waals surface area contributed by atoms with Gasteiger partial charge in [-0.15, -0.1) is 0 Å². The number of esters is 1. The Morgan fingerprint density at radius 3 is 2.42 bits per heavy atom. The van der Waals surface area contributed by atoms with E-state index in [1.807, 2.05) is 6.07 Å². The van der Waals surface area contributed by atoms with E-state index in [1.165, 1.54) is 36.4 Å². The van der Waals surface area contributed by atoms with Crippen LogP contribution in [0.2, 0.25) is 0 Å². The van der Waals surface area contributed by atoms with Gasteiger partial charge in [0.25, 0.3) is 0 Å². The molecule has 0 fully saturated rings. The number of carbonyl (C=O) groups is 1. The minimum absolute atomic E-state index is 0.0107. The van der Waals surface area contributed by atoms with Crippen molar-refractivity contribution in [3.8, 4) is 17.6 Å². The molecule has 0 amide bonds. The normalized spacial score (nSPS) is 10.1. The molecule has 0 aromatic heterocycles. The first-order chi connectivity index (χ1) is 11.4. The Bertz CT molecular complexity index is 807. The van der Waals surface area contributed by atoms with Crippen LogP contribution >= 0.6 is 0 Å². The van der Waals surface area contributed by atoms with Crippen LogP contribution in [-0.2, 0) is 4.74 Å². The summed E-state index contributed by atoms with van der Waals surface area (Å²) in [6, 6.07) is 11.8. The maximum atomic E-state index is 11.8. The minimum atomic E-state index is -0.620. The Balaban J connectivity index is 2.22. The molecular weight excluding hydrogens is 312 g/mol. The lowest BCUT2D eigenvalue weighted by Gasteiger charge is -2.09. The highest BCUT2D eigenvalue weighted by molar-refractivity contribution is 5.89. The van der Waals surface area contributed by atoms with Crippen LogP contribution in [0.5, 0.6) is 11.5 Å². The number of nitrogens with zero attached hydrogens (tertiary/aromatic N) is 2. The molecule has 24 heavy (non-hydrogen) atoms. The van der Waals surface area contributed by atoms with Gasteiger partial charge in [0.1, 0.15) is 5.75 Å². The standard InChI is InChI=1S/C17H14N2O5/c1-11(2)23-17(20)13-4-6-14(7-5-13)24-16-8-3-12(10-18)9-15(16)19(21)22/h3-9,11H,1-2H3. The summed E-state index contributed by atoms with van der Waals surface area (Å²) in [5, 5.41) is 19.9. The monoisotopic (exact) mass is 326 g/mol. The Labute approximate surface area is 138 Å². The van der Waals surface area contributed by atoms with Gasteiger partial charge in [0.05, 0.1) is 28.2 Å². The van der Waals surface area contributed by atoms with E-state index in [-0.39, 0.29) is 23.1 Å². The van der Waals surface area contributed by atoms with E-state index in [1.54, 1.807) is 13.8 Å². The zero-order valence-electron chi connectivity index (χ0n) is 13.1. The fraction of sp³-hybridized carbons (Fsp3) is 0.176. The molecule has 0 N–H and O–H groups in total. The van der Waals surface area contributed by atoms with E-state index < -0.39 is 10.9 Å². The summed E-state index contributed by atoms with van der Waals surface area (Å²) >= 11 is 0. The third kappa shape index (κ3) is 4.08. The van der Waals surface area contributed by atoms with Crippen LogP contribution in [0.3, 0.4) is 0 Å². The van der Waals surface area contributed by atoms with Crippen molar-refractivity contribution >= 4 is 11.7 Å².